The Labute approximate surface area is 285 Å². The van der Waals surface area contributed by atoms with Crippen molar-refractivity contribution < 1.29 is 29.6 Å². The molecule has 0 amide bonds. The van der Waals surface area contributed by atoms with Gasteiger partial charge in [0, 0.05) is 12.1 Å². The molecule has 0 atom stereocenters. The fraction of sp³-hybridized carbons (Fsp3) is 0.405. The molecule has 6 heteroatoms. The lowest BCUT2D eigenvalue weighted by Crippen LogP contribution is -2.13. The summed E-state index contributed by atoms with van der Waals surface area (Å²) in [5.74, 6) is 1.75. The molecule has 5 rings (SSSR count). The Morgan fingerprint density at radius 3 is 1.79 bits per heavy atom. The molecule has 0 aliphatic heterocycles. The first-order valence-electron chi connectivity index (χ1n) is 17.8. The molecule has 0 heterocycles. The maximum Gasteiger partial charge on any atom is 0.200 e. The molecule has 254 valence electrons. The van der Waals surface area contributed by atoms with Crippen LogP contribution in [0.5, 0.6) is 28.7 Å². The van der Waals surface area contributed by atoms with Gasteiger partial charge in [0.2, 0.25) is 0 Å². The van der Waals surface area contributed by atoms with E-state index in [9.17, 15) is 20.1 Å². The fourth-order valence-electron chi connectivity index (χ4n) is 6.75. The van der Waals surface area contributed by atoms with Gasteiger partial charge < -0.3 is 24.8 Å². The van der Waals surface area contributed by atoms with E-state index in [1.54, 1.807) is 6.07 Å². The summed E-state index contributed by atoms with van der Waals surface area (Å²) in [7, 11) is 0. The minimum absolute atomic E-state index is 0.00128. The molecule has 1 saturated carbocycles. The zero-order chi connectivity index (χ0) is 33.7. The molecule has 0 radical (unpaired) electrons. The van der Waals surface area contributed by atoms with E-state index in [0.717, 1.165) is 43.4 Å². The summed E-state index contributed by atoms with van der Waals surface area (Å²) in [5, 5.41) is 29.8. The van der Waals surface area contributed by atoms with E-state index in [4.69, 9.17) is 9.47 Å². The van der Waals surface area contributed by atoms with E-state index in [-0.39, 0.29) is 28.4 Å². The fourth-order valence-corrected chi connectivity index (χ4v) is 6.75. The smallest absolute Gasteiger partial charge is 0.200 e. The van der Waals surface area contributed by atoms with Gasteiger partial charge in [0.15, 0.2) is 5.78 Å². The second kappa shape index (κ2) is 17.6. The van der Waals surface area contributed by atoms with E-state index in [1.165, 1.54) is 92.3 Å². The van der Waals surface area contributed by atoms with Gasteiger partial charge in [-0.1, -0.05) is 69.0 Å². The van der Waals surface area contributed by atoms with Crippen molar-refractivity contribution in [3.63, 3.8) is 0 Å². The van der Waals surface area contributed by atoms with E-state index in [2.05, 4.69) is 55.5 Å². The lowest BCUT2D eigenvalue weighted by atomic mass is 9.77. The van der Waals surface area contributed by atoms with Crippen LogP contribution >= 0.6 is 0 Å². The van der Waals surface area contributed by atoms with E-state index in [1.807, 2.05) is 0 Å². The van der Waals surface area contributed by atoms with Gasteiger partial charge in [-0.05, 0) is 116 Å². The predicted molar refractivity (Wildman–Crippen MR) is 191 cm³/mol. The number of aromatic hydroxyl groups is 3. The van der Waals surface area contributed by atoms with Crippen LogP contribution in [0.4, 0.5) is 0 Å². The van der Waals surface area contributed by atoms with Crippen LogP contribution in [0.15, 0.2) is 84.9 Å². The monoisotopic (exact) mass is 650 g/mol. The Hall–Kier alpha value is -4.45. The lowest BCUT2D eigenvalue weighted by molar-refractivity contribution is 0.103. The molecule has 4 aromatic rings. The zero-order valence-electron chi connectivity index (χ0n) is 28.2. The van der Waals surface area contributed by atoms with E-state index >= 15 is 0 Å². The number of unbranched alkanes of at least 4 members (excludes halogenated alkanes) is 5. The van der Waals surface area contributed by atoms with Crippen LogP contribution in [0.3, 0.4) is 0 Å². The Kier molecular flexibility index (Phi) is 12.8. The van der Waals surface area contributed by atoms with Crippen molar-refractivity contribution in [2.75, 3.05) is 13.2 Å². The number of ketones is 1. The maximum atomic E-state index is 12.7. The maximum absolute atomic E-state index is 12.7. The van der Waals surface area contributed by atoms with Crippen molar-refractivity contribution in [1.29, 1.82) is 0 Å². The van der Waals surface area contributed by atoms with Crippen LogP contribution in [0.25, 0.3) is 11.1 Å². The Morgan fingerprint density at radius 1 is 0.625 bits per heavy atom. The summed E-state index contributed by atoms with van der Waals surface area (Å²) < 4.78 is 11.7. The summed E-state index contributed by atoms with van der Waals surface area (Å²) >= 11 is 0. The molecule has 48 heavy (non-hydrogen) atoms. The zero-order valence-corrected chi connectivity index (χ0v) is 28.2. The highest BCUT2D eigenvalue weighted by Gasteiger charge is 2.22. The first-order valence-corrected chi connectivity index (χ1v) is 17.8. The minimum Gasteiger partial charge on any atom is -0.508 e. The van der Waals surface area contributed by atoms with Crippen LogP contribution in [-0.4, -0.2) is 34.3 Å². The molecule has 0 saturated heterocycles. The number of phenols is 3. The molecule has 3 N–H and O–H groups in total. The summed E-state index contributed by atoms with van der Waals surface area (Å²) in [6.45, 7) is 3.45. The molecular weight excluding hydrogens is 600 g/mol. The number of hydrogen-bond donors (Lipinski definition) is 3. The number of phenolic OH excluding ortho intramolecular Hbond substituents is 3. The quantitative estimate of drug-likeness (QED) is 0.0777. The highest BCUT2D eigenvalue weighted by Crippen LogP contribution is 2.38. The van der Waals surface area contributed by atoms with E-state index < -0.39 is 5.78 Å². The van der Waals surface area contributed by atoms with E-state index in [0.29, 0.717) is 24.9 Å². The molecular formula is C42H50O6. The SMILES string of the molecule is CCCCCC1CCC(c2ccc(-c3ccc(OCCCCCCOc4ccc(C(=O)c5ccc(O)cc5O)c(O)c4)cc3)cc2)CC1. The number of rotatable bonds is 17. The average Bonchev–Trinajstić information content (AvgIpc) is 3.10. The molecule has 1 aliphatic rings. The third-order valence-electron chi connectivity index (χ3n) is 9.65. The van der Waals surface area contributed by atoms with Crippen molar-refractivity contribution in [2.45, 2.75) is 89.9 Å². The molecule has 1 fully saturated rings. The van der Waals surface area contributed by atoms with Crippen LogP contribution in [0.2, 0.25) is 0 Å². The summed E-state index contributed by atoms with van der Waals surface area (Å²) in [4.78, 5) is 12.7. The normalized spacial score (nSPS) is 16.0. The molecule has 6 nitrogen and oxygen atoms in total. The highest BCUT2D eigenvalue weighted by molar-refractivity contribution is 6.12. The van der Waals surface area contributed by atoms with Crippen LogP contribution < -0.4 is 9.47 Å². The molecule has 4 aromatic carbocycles. The molecule has 1 aliphatic carbocycles. The lowest BCUT2D eigenvalue weighted by Gasteiger charge is -2.29. The Balaban J connectivity index is 0.958. The van der Waals surface area contributed by atoms with Gasteiger partial charge in [-0.2, -0.15) is 0 Å². The van der Waals surface area contributed by atoms with Gasteiger partial charge in [-0.15, -0.1) is 0 Å². The molecule has 0 aromatic heterocycles. The number of hydrogen-bond acceptors (Lipinski definition) is 6. The van der Waals surface area contributed by atoms with Crippen molar-refractivity contribution >= 4 is 5.78 Å². The number of benzene rings is 4. The Bertz CT molecular complexity index is 1590. The first-order chi connectivity index (χ1) is 23.4. The number of carbonyl (C=O) groups excluding carboxylic acids is 1. The molecule has 0 unspecified atom stereocenters. The van der Waals surface area contributed by atoms with Crippen LogP contribution in [0, 0.1) is 5.92 Å². The highest BCUT2D eigenvalue weighted by atomic mass is 16.5. The minimum atomic E-state index is -0.542. The van der Waals surface area contributed by atoms with Gasteiger partial charge in [0.05, 0.1) is 24.3 Å². The largest absolute Gasteiger partial charge is 0.508 e. The van der Waals surface area contributed by atoms with Crippen molar-refractivity contribution in [3.8, 4) is 39.9 Å². The van der Waals surface area contributed by atoms with Gasteiger partial charge in [0.1, 0.15) is 28.7 Å². The second-order valence-corrected chi connectivity index (χ2v) is 13.2. The topological polar surface area (TPSA) is 96.2 Å². The predicted octanol–water partition coefficient (Wildman–Crippen LogP) is 10.6. The average molecular weight is 651 g/mol. The van der Waals surface area contributed by atoms with Gasteiger partial charge in [0.25, 0.3) is 0 Å². The summed E-state index contributed by atoms with van der Waals surface area (Å²) in [6, 6.07) is 25.8. The van der Waals surface area contributed by atoms with Crippen molar-refractivity contribution in [3.05, 3.63) is 102 Å². The molecule has 0 bridgehead atoms. The van der Waals surface area contributed by atoms with Crippen molar-refractivity contribution in [1.82, 2.24) is 0 Å². The van der Waals surface area contributed by atoms with Crippen molar-refractivity contribution in [2.24, 2.45) is 5.92 Å². The van der Waals surface area contributed by atoms with Gasteiger partial charge >= 0.3 is 0 Å². The molecule has 0 spiro atoms. The number of carbonyl (C=O) groups is 1. The van der Waals surface area contributed by atoms with Gasteiger partial charge in [-0.3, -0.25) is 4.79 Å². The first kappa shape index (κ1) is 34.9. The van der Waals surface area contributed by atoms with Crippen LogP contribution in [-0.2, 0) is 0 Å². The Morgan fingerprint density at radius 2 is 1.19 bits per heavy atom. The third-order valence-corrected chi connectivity index (χ3v) is 9.65. The number of ether oxygens (including phenoxy) is 2. The van der Waals surface area contributed by atoms with Crippen LogP contribution in [0.1, 0.15) is 111 Å². The second-order valence-electron chi connectivity index (χ2n) is 13.2. The summed E-state index contributed by atoms with van der Waals surface area (Å²) in [6.07, 6.45) is 14.8. The standard InChI is InChI=1S/C42H50O6/c1-2-3-6-9-30-10-12-31(13-11-30)32-14-16-33(17-15-32)34-18-21-36(22-19-34)47-26-7-4-5-8-27-48-37-23-25-39(41(45)29-37)42(46)38-24-20-35(43)28-40(38)44/h14-25,28-31,43-45H,2-13,26-27H2,1H3. The van der Waals surface area contributed by atoms with Gasteiger partial charge in [-0.25, -0.2) is 0 Å². The third kappa shape index (κ3) is 9.79. The summed E-state index contributed by atoms with van der Waals surface area (Å²) in [5.41, 5.74) is 3.99.